The molecule has 8 nitrogen and oxygen atoms in total. The second kappa shape index (κ2) is 10.3. The Balaban J connectivity index is 1.86. The lowest BCUT2D eigenvalue weighted by Crippen LogP contribution is -2.20. The Labute approximate surface area is 204 Å². The van der Waals surface area contributed by atoms with Gasteiger partial charge < -0.3 is 19.4 Å². The summed E-state index contributed by atoms with van der Waals surface area (Å²) >= 11 is 0. The van der Waals surface area contributed by atoms with Gasteiger partial charge in [-0.2, -0.15) is 5.10 Å². The summed E-state index contributed by atoms with van der Waals surface area (Å²) in [4.78, 5) is 26.5. The number of nitrogens with one attached hydrogen (secondary N) is 1. The molecule has 0 aliphatic rings. The molecule has 0 aliphatic carbocycles. The molecule has 0 saturated carbocycles. The Kier molecular flexibility index (Phi) is 7.01. The van der Waals surface area contributed by atoms with Crippen molar-refractivity contribution in [3.8, 4) is 16.9 Å². The average molecular weight is 473 g/mol. The van der Waals surface area contributed by atoms with Crippen LogP contribution in [0.5, 0.6) is 5.75 Å². The van der Waals surface area contributed by atoms with Gasteiger partial charge in [-0.15, -0.1) is 0 Å². The van der Waals surface area contributed by atoms with E-state index in [2.05, 4.69) is 10.4 Å². The number of anilines is 1. The van der Waals surface area contributed by atoms with Gasteiger partial charge in [0.2, 0.25) is 0 Å². The van der Waals surface area contributed by atoms with Crippen molar-refractivity contribution >= 4 is 17.6 Å². The van der Waals surface area contributed by atoms with Crippen LogP contribution in [0.3, 0.4) is 0 Å². The molecule has 0 bridgehead atoms. The molecule has 0 radical (unpaired) electrons. The van der Waals surface area contributed by atoms with E-state index in [1.165, 1.54) is 4.68 Å². The highest BCUT2D eigenvalue weighted by Crippen LogP contribution is 2.35. The summed E-state index contributed by atoms with van der Waals surface area (Å²) < 4.78 is 14.0. The fourth-order valence-electron chi connectivity index (χ4n) is 4.00. The number of carbonyl (C=O) groups excluding carboxylic acids is 2. The van der Waals surface area contributed by atoms with Crippen molar-refractivity contribution in [3.63, 3.8) is 0 Å². The molecule has 35 heavy (non-hydrogen) atoms. The maximum Gasteiger partial charge on any atom is 0.357 e. The van der Waals surface area contributed by atoms with E-state index < -0.39 is 5.97 Å². The maximum absolute atomic E-state index is 13.3. The molecule has 0 aliphatic heterocycles. The molecule has 4 rings (SSSR count). The molecule has 1 N–H and O–H groups in total. The minimum atomic E-state index is -0.514. The Bertz CT molecular complexity index is 1340. The zero-order valence-electron chi connectivity index (χ0n) is 20.2. The van der Waals surface area contributed by atoms with Crippen molar-refractivity contribution in [3.05, 3.63) is 89.5 Å². The first-order valence-electron chi connectivity index (χ1n) is 11.3. The van der Waals surface area contributed by atoms with Gasteiger partial charge in [-0.1, -0.05) is 42.5 Å². The smallest absolute Gasteiger partial charge is 0.357 e. The van der Waals surface area contributed by atoms with E-state index in [9.17, 15) is 9.59 Å². The van der Waals surface area contributed by atoms with Crippen molar-refractivity contribution in [2.75, 3.05) is 19.0 Å². The summed E-state index contributed by atoms with van der Waals surface area (Å²) in [6.45, 7) is 4.21. The number of ether oxygens (including phenoxy) is 2. The summed E-state index contributed by atoms with van der Waals surface area (Å²) in [6.07, 6.45) is 1.87. The van der Waals surface area contributed by atoms with Gasteiger partial charge in [0.1, 0.15) is 11.4 Å². The molecule has 2 aromatic heterocycles. The van der Waals surface area contributed by atoms with Crippen molar-refractivity contribution < 1.29 is 19.1 Å². The van der Waals surface area contributed by atoms with Crippen LogP contribution >= 0.6 is 0 Å². The molecule has 0 spiro atoms. The first-order valence-corrected chi connectivity index (χ1v) is 11.3. The van der Waals surface area contributed by atoms with E-state index in [4.69, 9.17) is 9.47 Å². The van der Waals surface area contributed by atoms with Crippen LogP contribution in [0.1, 0.15) is 39.2 Å². The Morgan fingerprint density at radius 3 is 2.37 bits per heavy atom. The SMILES string of the molecule is CCOC(=O)c1c(NC(=O)c2cc(C)nn2C)c(-c2ccc(OC)cc2)cn1Cc1ccccc1. The number of aromatic nitrogens is 3. The van der Waals surface area contributed by atoms with Crippen LogP contribution in [0.15, 0.2) is 66.9 Å². The number of hydrogen-bond donors (Lipinski definition) is 1. The lowest BCUT2D eigenvalue weighted by Gasteiger charge is -2.12. The summed E-state index contributed by atoms with van der Waals surface area (Å²) in [5, 5.41) is 7.24. The average Bonchev–Trinajstić information content (AvgIpc) is 3.38. The van der Waals surface area contributed by atoms with Gasteiger partial charge in [0, 0.05) is 25.4 Å². The lowest BCUT2D eigenvalue weighted by atomic mass is 10.1. The number of aryl methyl sites for hydroxylation is 2. The number of methoxy groups -OCH3 is 1. The zero-order chi connectivity index (χ0) is 24.9. The van der Waals surface area contributed by atoms with Crippen LogP contribution in [0.25, 0.3) is 11.1 Å². The second-order valence-electron chi connectivity index (χ2n) is 8.08. The van der Waals surface area contributed by atoms with Crippen LogP contribution < -0.4 is 10.1 Å². The first kappa shape index (κ1) is 23.8. The van der Waals surface area contributed by atoms with E-state index in [0.29, 0.717) is 29.2 Å². The third-order valence-corrected chi connectivity index (χ3v) is 5.62. The topological polar surface area (TPSA) is 87.4 Å². The Hall–Kier alpha value is -4.33. The van der Waals surface area contributed by atoms with E-state index in [1.807, 2.05) is 72.3 Å². The van der Waals surface area contributed by atoms with E-state index in [0.717, 1.165) is 16.8 Å². The minimum absolute atomic E-state index is 0.210. The van der Waals surface area contributed by atoms with Crippen molar-refractivity contribution in [1.29, 1.82) is 0 Å². The normalized spacial score (nSPS) is 10.7. The van der Waals surface area contributed by atoms with Gasteiger partial charge in [0.05, 0.1) is 25.1 Å². The van der Waals surface area contributed by atoms with Gasteiger partial charge in [-0.3, -0.25) is 9.48 Å². The van der Waals surface area contributed by atoms with E-state index >= 15 is 0 Å². The summed E-state index contributed by atoms with van der Waals surface area (Å²) in [6, 6.07) is 19.0. The number of rotatable bonds is 8. The van der Waals surface area contributed by atoms with E-state index in [-0.39, 0.29) is 18.2 Å². The molecule has 2 heterocycles. The molecule has 2 aromatic carbocycles. The number of amides is 1. The second-order valence-corrected chi connectivity index (χ2v) is 8.08. The molecule has 0 saturated heterocycles. The predicted molar refractivity (Wildman–Crippen MR) is 134 cm³/mol. The molecule has 0 fully saturated rings. The quantitative estimate of drug-likeness (QED) is 0.376. The summed E-state index contributed by atoms with van der Waals surface area (Å²) in [5.74, 6) is -0.176. The number of benzene rings is 2. The standard InChI is InChI=1S/C27H28N4O4/c1-5-35-27(33)25-24(28-26(32)23-15-18(2)29-30(23)3)22(20-11-13-21(34-4)14-12-20)17-31(25)16-19-9-7-6-8-10-19/h6-15,17H,5,16H2,1-4H3,(H,28,32). The van der Waals surface area contributed by atoms with Crippen molar-refractivity contribution in [2.24, 2.45) is 7.05 Å². The molecule has 8 heteroatoms. The minimum Gasteiger partial charge on any atom is -0.497 e. The lowest BCUT2D eigenvalue weighted by molar-refractivity contribution is 0.0515. The zero-order valence-corrected chi connectivity index (χ0v) is 20.2. The number of carbonyl (C=O) groups is 2. The van der Waals surface area contributed by atoms with Crippen LogP contribution in [0.2, 0.25) is 0 Å². The van der Waals surface area contributed by atoms with Gasteiger partial charge in [-0.05, 0) is 43.2 Å². The number of esters is 1. The summed E-state index contributed by atoms with van der Waals surface area (Å²) in [7, 11) is 3.31. The highest BCUT2D eigenvalue weighted by molar-refractivity contribution is 6.10. The van der Waals surface area contributed by atoms with Crippen LogP contribution in [0, 0.1) is 6.92 Å². The Morgan fingerprint density at radius 1 is 1.06 bits per heavy atom. The highest BCUT2D eigenvalue weighted by atomic mass is 16.5. The Morgan fingerprint density at radius 2 is 1.77 bits per heavy atom. The molecule has 180 valence electrons. The number of hydrogen-bond acceptors (Lipinski definition) is 5. The van der Waals surface area contributed by atoms with Crippen molar-refractivity contribution in [1.82, 2.24) is 14.3 Å². The maximum atomic E-state index is 13.3. The largest absolute Gasteiger partial charge is 0.497 e. The molecule has 0 atom stereocenters. The van der Waals surface area contributed by atoms with Gasteiger partial charge in [-0.25, -0.2) is 4.79 Å². The molecular weight excluding hydrogens is 444 g/mol. The van der Waals surface area contributed by atoms with Crippen LogP contribution in [-0.4, -0.2) is 39.9 Å². The number of nitrogens with zero attached hydrogens (tertiary/aromatic N) is 3. The predicted octanol–water partition coefficient (Wildman–Crippen LogP) is 4.68. The van der Waals surface area contributed by atoms with Crippen LogP contribution in [-0.2, 0) is 18.3 Å². The third-order valence-electron chi connectivity index (χ3n) is 5.62. The van der Waals surface area contributed by atoms with E-state index in [1.54, 1.807) is 27.1 Å². The molecule has 1 amide bonds. The van der Waals surface area contributed by atoms with Crippen molar-refractivity contribution in [2.45, 2.75) is 20.4 Å². The third kappa shape index (κ3) is 5.11. The summed E-state index contributed by atoms with van der Waals surface area (Å²) in [5.41, 5.74) is 4.28. The fourth-order valence-corrected chi connectivity index (χ4v) is 4.00. The fraction of sp³-hybridized carbons (Fsp3) is 0.222. The van der Waals surface area contributed by atoms with Crippen LogP contribution in [0.4, 0.5) is 5.69 Å². The van der Waals surface area contributed by atoms with Gasteiger partial charge >= 0.3 is 5.97 Å². The van der Waals surface area contributed by atoms with Gasteiger partial charge in [0.15, 0.2) is 5.69 Å². The first-order chi connectivity index (χ1) is 16.9. The van der Waals surface area contributed by atoms with Gasteiger partial charge in [0.25, 0.3) is 5.91 Å². The monoisotopic (exact) mass is 472 g/mol. The molecule has 0 unspecified atom stereocenters. The molecular formula is C27H28N4O4. The molecule has 4 aromatic rings. The highest BCUT2D eigenvalue weighted by Gasteiger charge is 2.26.